The van der Waals surface area contributed by atoms with E-state index < -0.39 is 6.04 Å². The van der Waals surface area contributed by atoms with Crippen LogP contribution in [0, 0.1) is 11.6 Å². The van der Waals surface area contributed by atoms with Crippen molar-refractivity contribution in [2.24, 2.45) is 0 Å². The average Bonchev–Trinajstić information content (AvgIpc) is 3.39. The van der Waals surface area contributed by atoms with Crippen LogP contribution in [0.5, 0.6) is 0 Å². The molecule has 146 valence electrons. The van der Waals surface area contributed by atoms with Gasteiger partial charge in [-0.25, -0.2) is 8.78 Å². The summed E-state index contributed by atoms with van der Waals surface area (Å²) in [6.07, 6.45) is 0. The molecule has 5 nitrogen and oxygen atoms in total. The molecule has 0 bridgehead atoms. The summed E-state index contributed by atoms with van der Waals surface area (Å²) in [6.45, 7) is 1.73. The predicted octanol–water partition coefficient (Wildman–Crippen LogP) is 5.23. The van der Waals surface area contributed by atoms with Crippen LogP contribution >= 0.6 is 11.3 Å². The first-order chi connectivity index (χ1) is 14.0. The van der Waals surface area contributed by atoms with E-state index in [-0.39, 0.29) is 23.4 Å². The summed E-state index contributed by atoms with van der Waals surface area (Å²) in [5.74, 6) is -0.382. The summed E-state index contributed by atoms with van der Waals surface area (Å²) in [6, 6.07) is 14.8. The van der Waals surface area contributed by atoms with Crippen LogP contribution in [0.3, 0.4) is 0 Å². The number of benzene rings is 2. The van der Waals surface area contributed by atoms with Gasteiger partial charge in [0, 0.05) is 10.4 Å². The first-order valence-electron chi connectivity index (χ1n) is 8.76. The van der Waals surface area contributed by atoms with E-state index in [0.717, 1.165) is 10.4 Å². The van der Waals surface area contributed by atoms with Crippen molar-refractivity contribution in [3.63, 3.8) is 0 Å². The summed E-state index contributed by atoms with van der Waals surface area (Å²) >= 11 is 1.30. The van der Waals surface area contributed by atoms with Crippen molar-refractivity contribution < 1.29 is 18.1 Å². The second-order valence-corrected chi connectivity index (χ2v) is 7.41. The van der Waals surface area contributed by atoms with Gasteiger partial charge in [-0.2, -0.15) is 4.98 Å². The van der Waals surface area contributed by atoms with Gasteiger partial charge >= 0.3 is 0 Å². The zero-order valence-electron chi connectivity index (χ0n) is 15.2. The van der Waals surface area contributed by atoms with Crippen LogP contribution in [0.4, 0.5) is 8.78 Å². The van der Waals surface area contributed by atoms with Gasteiger partial charge < -0.3 is 9.84 Å². The van der Waals surface area contributed by atoms with Crippen molar-refractivity contribution in [2.45, 2.75) is 13.0 Å². The largest absolute Gasteiger partial charge is 0.340 e. The minimum absolute atomic E-state index is 0.244. The average molecular weight is 411 g/mol. The normalized spacial score (nSPS) is 12.0. The Bertz CT molecular complexity index is 1140. The van der Waals surface area contributed by atoms with Crippen molar-refractivity contribution in [1.29, 1.82) is 0 Å². The molecule has 4 rings (SSSR count). The van der Waals surface area contributed by atoms with Gasteiger partial charge in [-0.15, -0.1) is 11.3 Å². The molecule has 2 heterocycles. The molecule has 0 saturated carbocycles. The van der Waals surface area contributed by atoms with E-state index in [1.54, 1.807) is 37.3 Å². The van der Waals surface area contributed by atoms with Gasteiger partial charge in [0.05, 0.1) is 4.88 Å². The fourth-order valence-corrected chi connectivity index (χ4v) is 3.60. The molecule has 1 unspecified atom stereocenters. The maximum atomic E-state index is 13.1. The Morgan fingerprint density at radius 3 is 2.24 bits per heavy atom. The minimum atomic E-state index is -0.513. The predicted molar refractivity (Wildman–Crippen MR) is 105 cm³/mol. The maximum absolute atomic E-state index is 13.1. The van der Waals surface area contributed by atoms with Crippen LogP contribution in [0.25, 0.3) is 21.8 Å². The summed E-state index contributed by atoms with van der Waals surface area (Å²) in [4.78, 5) is 18.2. The van der Waals surface area contributed by atoms with E-state index in [1.807, 2.05) is 6.07 Å². The number of nitrogens with one attached hydrogen (secondary N) is 1. The number of amides is 1. The van der Waals surface area contributed by atoms with E-state index in [1.165, 1.54) is 35.6 Å². The molecule has 4 aromatic rings. The van der Waals surface area contributed by atoms with Gasteiger partial charge in [0.15, 0.2) is 0 Å². The number of carbonyl (C=O) groups is 1. The Hall–Kier alpha value is -3.39. The number of carbonyl (C=O) groups excluding carboxylic acids is 1. The molecule has 0 spiro atoms. The molecule has 0 saturated heterocycles. The minimum Gasteiger partial charge on any atom is -0.340 e. The lowest BCUT2D eigenvalue weighted by Gasteiger charge is -2.08. The first kappa shape index (κ1) is 18.9. The lowest BCUT2D eigenvalue weighted by molar-refractivity contribution is 0.0936. The van der Waals surface area contributed by atoms with E-state index in [2.05, 4.69) is 15.5 Å². The number of hydrogen-bond donors (Lipinski definition) is 1. The molecule has 8 heteroatoms. The van der Waals surface area contributed by atoms with Crippen molar-refractivity contribution >= 4 is 17.2 Å². The summed E-state index contributed by atoms with van der Waals surface area (Å²) in [5.41, 5.74) is 1.45. The zero-order valence-corrected chi connectivity index (χ0v) is 16.0. The fraction of sp³-hybridized carbons (Fsp3) is 0.0952. The smallest absolute Gasteiger partial charge is 0.262 e. The highest BCUT2D eigenvalue weighted by molar-refractivity contribution is 7.17. The van der Waals surface area contributed by atoms with Crippen LogP contribution < -0.4 is 5.32 Å². The number of thiophene rings is 1. The van der Waals surface area contributed by atoms with E-state index in [4.69, 9.17) is 4.52 Å². The maximum Gasteiger partial charge on any atom is 0.262 e. The molecule has 0 aliphatic heterocycles. The second kappa shape index (κ2) is 7.92. The lowest BCUT2D eigenvalue weighted by atomic mass is 10.2. The van der Waals surface area contributed by atoms with Crippen molar-refractivity contribution in [1.82, 2.24) is 15.5 Å². The molecular weight excluding hydrogens is 396 g/mol. The highest BCUT2D eigenvalue weighted by atomic mass is 32.1. The fourth-order valence-electron chi connectivity index (χ4n) is 2.69. The highest BCUT2D eigenvalue weighted by Gasteiger charge is 2.19. The van der Waals surface area contributed by atoms with Crippen LogP contribution in [0.2, 0.25) is 0 Å². The Balaban J connectivity index is 1.45. The third-order valence-corrected chi connectivity index (χ3v) is 5.35. The van der Waals surface area contributed by atoms with E-state index in [9.17, 15) is 13.6 Å². The Kier molecular flexibility index (Phi) is 5.18. The molecule has 1 atom stereocenters. The molecule has 0 fully saturated rings. The third-order valence-electron chi connectivity index (χ3n) is 4.22. The van der Waals surface area contributed by atoms with Crippen LogP contribution in [-0.4, -0.2) is 16.0 Å². The number of rotatable bonds is 5. The molecular formula is C21H15F2N3O2S. The summed E-state index contributed by atoms with van der Waals surface area (Å²) in [7, 11) is 0. The van der Waals surface area contributed by atoms with Crippen molar-refractivity contribution in [3.8, 4) is 21.8 Å². The lowest BCUT2D eigenvalue weighted by Crippen LogP contribution is -2.26. The van der Waals surface area contributed by atoms with E-state index >= 15 is 0 Å². The molecule has 1 N–H and O–H groups in total. The zero-order chi connectivity index (χ0) is 20.4. The van der Waals surface area contributed by atoms with Crippen molar-refractivity contribution in [2.75, 3.05) is 0 Å². The van der Waals surface area contributed by atoms with Gasteiger partial charge in [0.2, 0.25) is 11.7 Å². The van der Waals surface area contributed by atoms with Gasteiger partial charge in [0.25, 0.3) is 5.91 Å². The van der Waals surface area contributed by atoms with Gasteiger partial charge in [-0.3, -0.25) is 4.79 Å². The van der Waals surface area contributed by atoms with Crippen molar-refractivity contribution in [3.05, 3.63) is 83.1 Å². The number of nitrogens with zero attached hydrogens (tertiary/aromatic N) is 2. The SMILES string of the molecule is CC(NC(=O)c1ccc(-c2ccc(F)cc2)s1)c1nc(-c2ccc(F)cc2)no1. The molecule has 0 radical (unpaired) electrons. The topological polar surface area (TPSA) is 68.0 Å². The number of halogens is 2. The number of hydrogen-bond acceptors (Lipinski definition) is 5. The monoisotopic (exact) mass is 411 g/mol. The van der Waals surface area contributed by atoms with Crippen LogP contribution in [0.1, 0.15) is 28.5 Å². The summed E-state index contributed by atoms with van der Waals surface area (Å²) < 4.78 is 31.3. The van der Waals surface area contributed by atoms with Crippen LogP contribution in [0.15, 0.2) is 65.2 Å². The molecule has 2 aromatic carbocycles. The van der Waals surface area contributed by atoms with Gasteiger partial charge in [-0.05, 0) is 61.0 Å². The van der Waals surface area contributed by atoms with Gasteiger partial charge in [-0.1, -0.05) is 17.3 Å². The molecule has 2 aromatic heterocycles. The molecule has 29 heavy (non-hydrogen) atoms. The molecule has 1 amide bonds. The quantitative estimate of drug-likeness (QED) is 0.488. The van der Waals surface area contributed by atoms with Crippen LogP contribution in [-0.2, 0) is 0 Å². The van der Waals surface area contributed by atoms with E-state index in [0.29, 0.717) is 16.3 Å². The Morgan fingerprint density at radius 2 is 1.59 bits per heavy atom. The molecule has 0 aliphatic carbocycles. The standard InChI is InChI=1S/C21H15F2N3O2S/c1-12(21-25-19(26-28-21)14-4-8-16(23)9-5-14)24-20(27)18-11-10-17(29-18)13-2-6-15(22)7-3-13/h2-12H,1H3,(H,24,27). The van der Waals surface area contributed by atoms with Gasteiger partial charge in [0.1, 0.15) is 17.7 Å². The number of aromatic nitrogens is 2. The first-order valence-corrected chi connectivity index (χ1v) is 9.57. The third kappa shape index (κ3) is 4.22. The Morgan fingerprint density at radius 1 is 0.966 bits per heavy atom. The Labute approximate surface area is 169 Å². The second-order valence-electron chi connectivity index (χ2n) is 6.33. The summed E-state index contributed by atoms with van der Waals surface area (Å²) in [5, 5.41) is 6.70. The molecule has 0 aliphatic rings. The highest BCUT2D eigenvalue weighted by Crippen LogP contribution is 2.28.